The van der Waals surface area contributed by atoms with Gasteiger partial charge in [0.05, 0.1) is 25.4 Å². The maximum absolute atomic E-state index is 12.5. The van der Waals surface area contributed by atoms with Gasteiger partial charge in [0.1, 0.15) is 0 Å². The highest BCUT2D eigenvalue weighted by Crippen LogP contribution is 2.19. The highest BCUT2D eigenvalue weighted by atomic mass is 16.5. The van der Waals surface area contributed by atoms with Gasteiger partial charge in [0.15, 0.2) is 0 Å². The zero-order valence-electron chi connectivity index (χ0n) is 51.5. The Morgan fingerprint density at radius 1 is 0.368 bits per heavy atom. The van der Waals surface area contributed by atoms with E-state index in [4.69, 9.17) is 4.74 Å². The third kappa shape index (κ3) is 61.6. The normalized spacial score (nSPS) is 12.6. The Balaban J connectivity index is 3.38. The molecule has 0 aromatic heterocycles. The molecule has 2 unspecified atom stereocenters. The molecule has 0 fully saturated rings. The fourth-order valence-electron chi connectivity index (χ4n) is 11.0. The first-order chi connectivity index (χ1) is 37.5. The van der Waals surface area contributed by atoms with E-state index in [2.05, 4.69) is 43.5 Å². The van der Waals surface area contributed by atoms with Crippen molar-refractivity contribution in [2.45, 2.75) is 398 Å². The number of unbranched alkanes of at least 4 members (excludes halogenated alkanes) is 50. The van der Waals surface area contributed by atoms with E-state index in [0.717, 1.165) is 44.9 Å². The molecule has 0 saturated carbocycles. The summed E-state index contributed by atoms with van der Waals surface area (Å²) in [5.41, 5.74) is 0. The standard InChI is InChI=1S/C70H135NO5/c1-3-5-7-9-11-13-15-17-18-36-39-42-46-50-54-58-62-68(73)67(66-72)71-69(74)63-59-55-51-47-43-40-37-34-32-30-28-26-24-22-20-19-21-23-25-27-29-31-33-35-38-41-45-49-53-57-61-65-76-70(75)64-60-56-52-48-44-16-14-12-10-8-6-4-2/h21,23,27,29,67-68,72-73H,3-20,22,24-26,28,30-66H2,1-2H3,(H,71,74)/b23-21-,29-27-. The summed E-state index contributed by atoms with van der Waals surface area (Å²) in [4.78, 5) is 24.5. The quantitative estimate of drug-likeness (QED) is 0.0320. The number of allylic oxidation sites excluding steroid dienone is 4. The molecule has 0 aliphatic carbocycles. The number of aliphatic hydroxyl groups is 2. The molecule has 450 valence electrons. The van der Waals surface area contributed by atoms with Gasteiger partial charge in [-0.3, -0.25) is 9.59 Å². The number of hydrogen-bond donors (Lipinski definition) is 3. The lowest BCUT2D eigenvalue weighted by Gasteiger charge is -2.22. The number of amides is 1. The maximum atomic E-state index is 12.5. The van der Waals surface area contributed by atoms with E-state index in [-0.39, 0.29) is 18.5 Å². The van der Waals surface area contributed by atoms with Crippen molar-refractivity contribution >= 4 is 11.9 Å². The third-order valence-electron chi connectivity index (χ3n) is 16.3. The molecule has 6 heteroatoms. The predicted molar refractivity (Wildman–Crippen MR) is 333 cm³/mol. The minimum Gasteiger partial charge on any atom is -0.466 e. The smallest absolute Gasteiger partial charge is 0.305 e. The van der Waals surface area contributed by atoms with E-state index < -0.39 is 12.1 Å². The molecule has 0 saturated heterocycles. The molecule has 0 aliphatic rings. The molecular weight excluding hydrogens is 935 g/mol. The fourth-order valence-corrected chi connectivity index (χ4v) is 11.0. The molecule has 0 spiro atoms. The lowest BCUT2D eigenvalue weighted by Crippen LogP contribution is -2.45. The fraction of sp³-hybridized carbons (Fsp3) is 0.914. The summed E-state index contributed by atoms with van der Waals surface area (Å²) in [6.07, 6.45) is 82.2. The van der Waals surface area contributed by atoms with Crippen molar-refractivity contribution in [2.75, 3.05) is 13.2 Å². The summed E-state index contributed by atoms with van der Waals surface area (Å²) in [6.45, 7) is 4.98. The van der Waals surface area contributed by atoms with Crippen molar-refractivity contribution in [2.24, 2.45) is 0 Å². The van der Waals surface area contributed by atoms with E-state index >= 15 is 0 Å². The molecule has 0 bridgehead atoms. The highest BCUT2D eigenvalue weighted by Gasteiger charge is 2.20. The summed E-state index contributed by atoms with van der Waals surface area (Å²) >= 11 is 0. The van der Waals surface area contributed by atoms with Gasteiger partial charge in [0.2, 0.25) is 5.91 Å². The molecule has 0 aliphatic heterocycles. The molecule has 0 aromatic rings. The van der Waals surface area contributed by atoms with Crippen LogP contribution >= 0.6 is 0 Å². The Bertz CT molecular complexity index is 1190. The molecule has 0 rings (SSSR count). The van der Waals surface area contributed by atoms with Crippen molar-refractivity contribution in [3.8, 4) is 0 Å². The molecule has 0 aromatic carbocycles. The molecule has 3 N–H and O–H groups in total. The zero-order valence-corrected chi connectivity index (χ0v) is 51.5. The second kappa shape index (κ2) is 65.9. The lowest BCUT2D eigenvalue weighted by atomic mass is 10.0. The van der Waals surface area contributed by atoms with Crippen LogP contribution in [-0.4, -0.2) is 47.4 Å². The highest BCUT2D eigenvalue weighted by molar-refractivity contribution is 5.76. The van der Waals surface area contributed by atoms with E-state index in [9.17, 15) is 19.8 Å². The Morgan fingerprint density at radius 2 is 0.658 bits per heavy atom. The summed E-state index contributed by atoms with van der Waals surface area (Å²) in [5.74, 6) is -0.0168. The van der Waals surface area contributed by atoms with Gasteiger partial charge in [-0.05, 0) is 57.8 Å². The summed E-state index contributed by atoms with van der Waals surface area (Å²) in [6, 6.07) is -0.541. The number of ether oxygens (including phenoxy) is 1. The number of rotatable bonds is 65. The Kier molecular flexibility index (Phi) is 64.4. The van der Waals surface area contributed by atoms with Crippen LogP contribution < -0.4 is 5.32 Å². The summed E-state index contributed by atoms with van der Waals surface area (Å²) in [5, 5.41) is 23.3. The van der Waals surface area contributed by atoms with Crippen LogP contribution in [0.3, 0.4) is 0 Å². The second-order valence-corrected chi connectivity index (χ2v) is 23.9. The number of hydrogen-bond acceptors (Lipinski definition) is 5. The predicted octanol–water partition coefficient (Wildman–Crippen LogP) is 22.1. The van der Waals surface area contributed by atoms with Gasteiger partial charge in [0, 0.05) is 12.8 Å². The molecule has 0 heterocycles. The van der Waals surface area contributed by atoms with Gasteiger partial charge in [-0.2, -0.15) is 0 Å². The van der Waals surface area contributed by atoms with Crippen molar-refractivity contribution < 1.29 is 24.5 Å². The summed E-state index contributed by atoms with van der Waals surface area (Å²) < 4.78 is 5.48. The Morgan fingerprint density at radius 3 is 1.00 bits per heavy atom. The lowest BCUT2D eigenvalue weighted by molar-refractivity contribution is -0.143. The topological polar surface area (TPSA) is 95.9 Å². The van der Waals surface area contributed by atoms with E-state index in [1.165, 1.54) is 308 Å². The van der Waals surface area contributed by atoms with Crippen molar-refractivity contribution in [3.05, 3.63) is 24.3 Å². The van der Waals surface area contributed by atoms with Gasteiger partial charge in [-0.25, -0.2) is 0 Å². The number of carbonyl (C=O) groups excluding carboxylic acids is 2. The molecule has 6 nitrogen and oxygen atoms in total. The Labute approximate surface area is 475 Å². The number of nitrogens with one attached hydrogen (secondary N) is 1. The molecule has 76 heavy (non-hydrogen) atoms. The van der Waals surface area contributed by atoms with Gasteiger partial charge in [-0.1, -0.05) is 340 Å². The molecule has 1 amide bonds. The van der Waals surface area contributed by atoms with Crippen LogP contribution in [0.1, 0.15) is 386 Å². The first kappa shape index (κ1) is 74.3. The molecule has 0 radical (unpaired) electrons. The largest absolute Gasteiger partial charge is 0.466 e. The first-order valence-electron chi connectivity index (χ1n) is 34.6. The van der Waals surface area contributed by atoms with Crippen molar-refractivity contribution in [3.63, 3.8) is 0 Å². The van der Waals surface area contributed by atoms with Crippen LogP contribution in [0.5, 0.6) is 0 Å². The van der Waals surface area contributed by atoms with Crippen molar-refractivity contribution in [1.29, 1.82) is 0 Å². The number of aliphatic hydroxyl groups excluding tert-OH is 2. The number of carbonyl (C=O) groups is 2. The average Bonchev–Trinajstić information content (AvgIpc) is 3.42. The van der Waals surface area contributed by atoms with Gasteiger partial charge < -0.3 is 20.3 Å². The monoisotopic (exact) mass is 1070 g/mol. The van der Waals surface area contributed by atoms with E-state index in [1.54, 1.807) is 0 Å². The minimum absolute atomic E-state index is 0.0144. The van der Waals surface area contributed by atoms with Gasteiger partial charge >= 0.3 is 5.97 Å². The van der Waals surface area contributed by atoms with Crippen LogP contribution in [0.4, 0.5) is 0 Å². The first-order valence-corrected chi connectivity index (χ1v) is 34.6. The van der Waals surface area contributed by atoms with Gasteiger partial charge in [-0.15, -0.1) is 0 Å². The van der Waals surface area contributed by atoms with E-state index in [1.807, 2.05) is 0 Å². The maximum Gasteiger partial charge on any atom is 0.305 e. The van der Waals surface area contributed by atoms with Crippen LogP contribution in [0.2, 0.25) is 0 Å². The second-order valence-electron chi connectivity index (χ2n) is 23.9. The van der Waals surface area contributed by atoms with E-state index in [0.29, 0.717) is 25.9 Å². The van der Waals surface area contributed by atoms with Crippen LogP contribution in [0.15, 0.2) is 24.3 Å². The molecular formula is C70H135NO5. The zero-order chi connectivity index (χ0) is 55.0. The Hall–Kier alpha value is -1.66. The third-order valence-corrected chi connectivity index (χ3v) is 16.3. The van der Waals surface area contributed by atoms with Crippen LogP contribution in [-0.2, 0) is 14.3 Å². The number of esters is 1. The van der Waals surface area contributed by atoms with Crippen LogP contribution in [0, 0.1) is 0 Å². The van der Waals surface area contributed by atoms with Crippen molar-refractivity contribution in [1.82, 2.24) is 5.32 Å². The average molecular weight is 1070 g/mol. The summed E-state index contributed by atoms with van der Waals surface area (Å²) in [7, 11) is 0. The molecule has 2 atom stereocenters. The van der Waals surface area contributed by atoms with Gasteiger partial charge in [0.25, 0.3) is 0 Å². The minimum atomic E-state index is -0.663. The van der Waals surface area contributed by atoms with Crippen LogP contribution in [0.25, 0.3) is 0 Å². The SMILES string of the molecule is CCCCCCCCCCCCCCCCCCC(O)C(CO)NC(=O)CCCCCCCCCCCCCCCCC/C=C\C/C=C\CCCCCCCCCCCOC(=O)CCCCCCCCCCCCCC.